The molecule has 1 saturated heterocycles. The maximum absolute atomic E-state index is 12.1. The fraction of sp³-hybridized carbons (Fsp3) is 0.632. The van der Waals surface area contributed by atoms with Gasteiger partial charge in [0.1, 0.15) is 6.61 Å². The second-order valence-corrected chi connectivity index (χ2v) is 6.98. The van der Waals surface area contributed by atoms with Crippen LogP contribution in [0.15, 0.2) is 29.3 Å². The van der Waals surface area contributed by atoms with Crippen LogP contribution in [0.5, 0.6) is 0 Å². The predicted molar refractivity (Wildman–Crippen MR) is 99.9 cm³/mol. The van der Waals surface area contributed by atoms with Crippen LogP contribution in [0.1, 0.15) is 24.0 Å². The van der Waals surface area contributed by atoms with Crippen LogP contribution in [0.3, 0.4) is 0 Å². The molecule has 1 unspecified atom stereocenters. The Balaban J connectivity index is 1.76. The van der Waals surface area contributed by atoms with Crippen LogP contribution in [0, 0.1) is 5.41 Å². The Morgan fingerprint density at radius 3 is 2.54 bits per heavy atom. The summed E-state index contributed by atoms with van der Waals surface area (Å²) in [6.07, 6.45) is -2.74. The fourth-order valence-electron chi connectivity index (χ4n) is 3.03. The van der Waals surface area contributed by atoms with Crippen molar-refractivity contribution in [2.24, 2.45) is 10.4 Å². The largest absolute Gasteiger partial charge is 0.411 e. The quantitative estimate of drug-likeness (QED) is 0.436. The summed E-state index contributed by atoms with van der Waals surface area (Å²) in [6, 6.07) is 7.17. The Morgan fingerprint density at radius 2 is 1.96 bits per heavy atom. The monoisotopic (exact) mass is 403 g/mol. The molecule has 1 aliphatic heterocycles. The molecule has 0 saturated carbocycles. The second-order valence-electron chi connectivity index (χ2n) is 6.98. The standard InChI is InChI=1S/C19H28F3N3O3/c1-23-17(25-12-18(6-8-26)7-9-27-13-18)24-10-15-2-4-16(5-3-15)11-28-14-19(20,21)22/h2-5,26H,6-14H2,1H3,(H2,23,24,25). The highest BCUT2D eigenvalue weighted by Crippen LogP contribution is 2.31. The van der Waals surface area contributed by atoms with Crippen LogP contribution >= 0.6 is 0 Å². The van der Waals surface area contributed by atoms with Crippen LogP contribution in [-0.2, 0) is 22.6 Å². The third-order valence-corrected chi connectivity index (χ3v) is 4.70. The van der Waals surface area contributed by atoms with Gasteiger partial charge in [0.15, 0.2) is 5.96 Å². The Labute approximate surface area is 163 Å². The minimum absolute atomic E-state index is 0.0779. The number of aliphatic imine (C=N–C) groups is 1. The van der Waals surface area contributed by atoms with Gasteiger partial charge < -0.3 is 25.2 Å². The molecule has 1 aromatic carbocycles. The lowest BCUT2D eigenvalue weighted by Gasteiger charge is -2.27. The number of rotatable bonds is 9. The molecule has 9 heteroatoms. The van der Waals surface area contributed by atoms with Gasteiger partial charge in [0.25, 0.3) is 0 Å². The van der Waals surface area contributed by atoms with Gasteiger partial charge >= 0.3 is 6.18 Å². The number of aliphatic hydroxyl groups is 1. The van der Waals surface area contributed by atoms with Crippen molar-refractivity contribution in [1.29, 1.82) is 0 Å². The molecule has 1 aromatic rings. The predicted octanol–water partition coefficient (Wildman–Crippen LogP) is 2.22. The molecule has 0 radical (unpaired) electrons. The lowest BCUT2D eigenvalue weighted by Crippen LogP contribution is -2.44. The van der Waals surface area contributed by atoms with Gasteiger partial charge in [-0.25, -0.2) is 0 Å². The van der Waals surface area contributed by atoms with E-state index in [-0.39, 0.29) is 18.6 Å². The molecular formula is C19H28F3N3O3. The molecule has 1 fully saturated rings. The summed E-state index contributed by atoms with van der Waals surface area (Å²) in [4.78, 5) is 4.20. The highest BCUT2D eigenvalue weighted by Gasteiger charge is 2.34. The van der Waals surface area contributed by atoms with E-state index in [0.29, 0.717) is 44.2 Å². The number of guanidine groups is 1. The zero-order valence-corrected chi connectivity index (χ0v) is 16.0. The Kier molecular flexibility index (Phi) is 8.53. The first-order chi connectivity index (χ1) is 13.4. The Bertz CT molecular complexity index is 615. The summed E-state index contributed by atoms with van der Waals surface area (Å²) < 4.78 is 46.4. The third-order valence-electron chi connectivity index (χ3n) is 4.70. The first kappa shape index (κ1) is 22.4. The lowest BCUT2D eigenvalue weighted by molar-refractivity contribution is -0.176. The molecule has 1 atom stereocenters. The van der Waals surface area contributed by atoms with Crippen molar-refractivity contribution in [3.8, 4) is 0 Å². The van der Waals surface area contributed by atoms with Crippen LogP contribution in [0.25, 0.3) is 0 Å². The average Bonchev–Trinajstić information content (AvgIpc) is 3.11. The number of ether oxygens (including phenoxy) is 2. The maximum atomic E-state index is 12.1. The van der Waals surface area contributed by atoms with E-state index in [9.17, 15) is 18.3 Å². The van der Waals surface area contributed by atoms with Gasteiger partial charge in [-0.05, 0) is 24.0 Å². The molecular weight excluding hydrogens is 375 g/mol. The zero-order valence-electron chi connectivity index (χ0n) is 16.0. The smallest absolute Gasteiger partial charge is 0.396 e. The summed E-state index contributed by atoms with van der Waals surface area (Å²) in [5.74, 6) is 0.641. The molecule has 1 aliphatic rings. The zero-order chi connectivity index (χ0) is 20.5. The first-order valence-corrected chi connectivity index (χ1v) is 9.21. The summed E-state index contributed by atoms with van der Waals surface area (Å²) in [5.41, 5.74) is 1.57. The van der Waals surface area contributed by atoms with Crippen LogP contribution in [0.4, 0.5) is 13.2 Å². The molecule has 28 heavy (non-hydrogen) atoms. The summed E-state index contributed by atoms with van der Waals surface area (Å²) in [5, 5.41) is 15.8. The highest BCUT2D eigenvalue weighted by molar-refractivity contribution is 5.79. The topological polar surface area (TPSA) is 75.1 Å². The lowest BCUT2D eigenvalue weighted by atomic mass is 9.84. The molecule has 0 amide bonds. The van der Waals surface area contributed by atoms with Gasteiger partial charge in [0.2, 0.25) is 0 Å². The Morgan fingerprint density at radius 1 is 1.25 bits per heavy atom. The Hall–Kier alpha value is -1.84. The molecule has 0 aliphatic carbocycles. The molecule has 0 bridgehead atoms. The molecule has 158 valence electrons. The van der Waals surface area contributed by atoms with E-state index in [2.05, 4.69) is 20.4 Å². The number of benzene rings is 1. The summed E-state index contributed by atoms with van der Waals surface area (Å²) >= 11 is 0. The minimum atomic E-state index is -4.31. The van der Waals surface area contributed by atoms with Crippen molar-refractivity contribution in [2.75, 3.05) is 40.0 Å². The molecule has 0 aromatic heterocycles. The van der Waals surface area contributed by atoms with Gasteiger partial charge in [-0.15, -0.1) is 0 Å². The van der Waals surface area contributed by atoms with E-state index in [4.69, 9.17) is 4.74 Å². The number of nitrogens with zero attached hydrogens (tertiary/aromatic N) is 1. The van der Waals surface area contributed by atoms with E-state index in [1.165, 1.54) is 0 Å². The molecule has 1 heterocycles. The van der Waals surface area contributed by atoms with Gasteiger partial charge in [-0.3, -0.25) is 4.99 Å². The average molecular weight is 403 g/mol. The van der Waals surface area contributed by atoms with E-state index < -0.39 is 12.8 Å². The first-order valence-electron chi connectivity index (χ1n) is 9.21. The van der Waals surface area contributed by atoms with Gasteiger partial charge in [-0.2, -0.15) is 13.2 Å². The maximum Gasteiger partial charge on any atom is 0.411 e. The normalized spacial score (nSPS) is 20.4. The highest BCUT2D eigenvalue weighted by atomic mass is 19.4. The SMILES string of the molecule is CN=C(NCc1ccc(COCC(F)(F)F)cc1)NCC1(CCO)CCOC1. The number of hydrogen-bond donors (Lipinski definition) is 3. The molecule has 0 spiro atoms. The molecule has 6 nitrogen and oxygen atoms in total. The van der Waals surface area contributed by atoms with Crippen LogP contribution in [-0.4, -0.2) is 57.3 Å². The number of aliphatic hydroxyl groups excluding tert-OH is 1. The number of nitrogens with one attached hydrogen (secondary N) is 2. The van der Waals surface area contributed by atoms with Crippen molar-refractivity contribution in [3.63, 3.8) is 0 Å². The summed E-state index contributed by atoms with van der Waals surface area (Å²) in [7, 11) is 1.68. The van der Waals surface area contributed by atoms with E-state index in [1.807, 2.05) is 12.1 Å². The van der Waals surface area contributed by atoms with E-state index >= 15 is 0 Å². The van der Waals surface area contributed by atoms with Crippen LogP contribution < -0.4 is 10.6 Å². The van der Waals surface area contributed by atoms with Gasteiger partial charge in [0.05, 0.1) is 13.2 Å². The van der Waals surface area contributed by atoms with E-state index in [0.717, 1.165) is 12.0 Å². The van der Waals surface area contributed by atoms with E-state index in [1.54, 1.807) is 19.2 Å². The van der Waals surface area contributed by atoms with Gasteiger partial charge in [0, 0.05) is 38.8 Å². The fourth-order valence-corrected chi connectivity index (χ4v) is 3.03. The second kappa shape index (κ2) is 10.6. The van der Waals surface area contributed by atoms with Gasteiger partial charge in [-0.1, -0.05) is 24.3 Å². The van der Waals surface area contributed by atoms with Crippen molar-refractivity contribution >= 4 is 5.96 Å². The molecule has 2 rings (SSSR count). The van der Waals surface area contributed by atoms with Crippen molar-refractivity contribution in [1.82, 2.24) is 10.6 Å². The number of hydrogen-bond acceptors (Lipinski definition) is 4. The van der Waals surface area contributed by atoms with Crippen molar-refractivity contribution in [3.05, 3.63) is 35.4 Å². The third kappa shape index (κ3) is 7.65. The molecule has 3 N–H and O–H groups in total. The van der Waals surface area contributed by atoms with Crippen LogP contribution in [0.2, 0.25) is 0 Å². The minimum Gasteiger partial charge on any atom is -0.396 e. The number of alkyl halides is 3. The number of halogens is 3. The van der Waals surface area contributed by atoms with Crippen molar-refractivity contribution in [2.45, 2.75) is 32.2 Å². The van der Waals surface area contributed by atoms with Crippen molar-refractivity contribution < 1.29 is 27.8 Å². The summed E-state index contributed by atoms with van der Waals surface area (Å²) in [6.45, 7) is 1.29.